The number of hydrogen-bond donors (Lipinski definition) is 1. The number of nitrogens with one attached hydrogen (secondary N) is 1. The molecule has 0 radical (unpaired) electrons. The lowest BCUT2D eigenvalue weighted by molar-refractivity contribution is -0.130. The third kappa shape index (κ3) is 2.43. The van der Waals surface area contributed by atoms with Crippen LogP contribution in [0, 0.1) is 5.82 Å². The lowest BCUT2D eigenvalue weighted by Gasteiger charge is -2.41. The average Bonchev–Trinajstić information content (AvgIpc) is 2.47. The van der Waals surface area contributed by atoms with Gasteiger partial charge in [0.2, 0.25) is 0 Å². The molecule has 22 heavy (non-hydrogen) atoms. The van der Waals surface area contributed by atoms with E-state index in [2.05, 4.69) is 10.3 Å². The van der Waals surface area contributed by atoms with Gasteiger partial charge in [-0.05, 0) is 37.3 Å². The Kier molecular flexibility index (Phi) is 3.36. The van der Waals surface area contributed by atoms with E-state index in [1.165, 1.54) is 18.2 Å². The van der Waals surface area contributed by atoms with E-state index in [0.717, 1.165) is 0 Å². The molecule has 0 spiro atoms. The summed E-state index contributed by atoms with van der Waals surface area (Å²) in [5, 5.41) is 2.66. The second kappa shape index (κ2) is 5.22. The molecule has 2 amide bonds. The van der Waals surface area contributed by atoms with Crippen molar-refractivity contribution in [2.75, 3.05) is 5.32 Å². The minimum Gasteiger partial charge on any atom is -0.324 e. The van der Waals surface area contributed by atoms with Crippen molar-refractivity contribution >= 4 is 23.3 Å². The molecule has 0 fully saturated rings. The number of amidine groups is 1. The molecule has 2 heterocycles. The number of aliphatic imine (C=N–C) groups is 1. The molecule has 1 unspecified atom stereocenters. The van der Waals surface area contributed by atoms with Gasteiger partial charge in [0.25, 0.3) is 11.8 Å². The summed E-state index contributed by atoms with van der Waals surface area (Å²) >= 11 is 0. The smallest absolute Gasteiger partial charge is 0.250 e. The van der Waals surface area contributed by atoms with Crippen molar-refractivity contribution in [3.63, 3.8) is 0 Å². The first-order valence-electron chi connectivity index (χ1n) is 6.82. The number of amides is 2. The predicted molar refractivity (Wildman–Crippen MR) is 80.6 cm³/mol. The van der Waals surface area contributed by atoms with Gasteiger partial charge in [0.15, 0.2) is 0 Å². The summed E-state index contributed by atoms with van der Waals surface area (Å²) in [6, 6.07) is 5.63. The average molecular weight is 299 g/mol. The molecule has 3 rings (SSSR count). The fourth-order valence-corrected chi connectivity index (χ4v) is 2.51. The van der Waals surface area contributed by atoms with Crippen molar-refractivity contribution in [2.45, 2.75) is 18.9 Å². The Morgan fingerprint density at radius 3 is 3.00 bits per heavy atom. The van der Waals surface area contributed by atoms with E-state index in [0.29, 0.717) is 11.5 Å². The van der Waals surface area contributed by atoms with Gasteiger partial charge in [-0.2, -0.15) is 4.99 Å². The van der Waals surface area contributed by atoms with Crippen molar-refractivity contribution in [2.24, 2.45) is 4.99 Å². The van der Waals surface area contributed by atoms with Gasteiger partial charge in [0.1, 0.15) is 17.2 Å². The van der Waals surface area contributed by atoms with Crippen molar-refractivity contribution < 1.29 is 14.0 Å². The first-order valence-corrected chi connectivity index (χ1v) is 6.82. The number of hydrogen-bond acceptors (Lipinski definition) is 3. The van der Waals surface area contributed by atoms with E-state index in [9.17, 15) is 14.0 Å². The number of fused-ring (bicyclic) bond motifs is 1. The molecule has 0 aliphatic carbocycles. The van der Waals surface area contributed by atoms with Crippen LogP contribution in [0.15, 0.2) is 53.7 Å². The van der Waals surface area contributed by atoms with Crippen LogP contribution in [0.1, 0.15) is 13.3 Å². The summed E-state index contributed by atoms with van der Waals surface area (Å²) in [5.41, 5.74) is -0.763. The third-order valence-corrected chi connectivity index (χ3v) is 3.68. The van der Waals surface area contributed by atoms with E-state index in [-0.39, 0.29) is 12.3 Å². The van der Waals surface area contributed by atoms with Crippen LogP contribution in [0.2, 0.25) is 0 Å². The Morgan fingerprint density at radius 1 is 1.41 bits per heavy atom. The molecular weight excluding hydrogens is 285 g/mol. The Hall–Kier alpha value is -2.76. The molecule has 5 nitrogen and oxygen atoms in total. The Bertz CT molecular complexity index is 739. The van der Waals surface area contributed by atoms with Crippen molar-refractivity contribution in [1.29, 1.82) is 0 Å². The lowest BCUT2D eigenvalue weighted by atomic mass is 9.91. The zero-order chi connectivity index (χ0) is 15.7. The van der Waals surface area contributed by atoms with Gasteiger partial charge in [0.05, 0.1) is 6.42 Å². The fraction of sp³-hybridized carbons (Fsp3) is 0.188. The molecule has 1 aromatic carbocycles. The maximum absolute atomic E-state index is 13.2. The normalized spacial score (nSPS) is 23.1. The molecular formula is C16H14FN3O2. The second-order valence-corrected chi connectivity index (χ2v) is 5.35. The van der Waals surface area contributed by atoms with E-state index >= 15 is 0 Å². The molecule has 1 aromatic rings. The summed E-state index contributed by atoms with van der Waals surface area (Å²) in [6.07, 6.45) is 6.85. The van der Waals surface area contributed by atoms with Crippen LogP contribution in [0.4, 0.5) is 10.1 Å². The van der Waals surface area contributed by atoms with Gasteiger partial charge in [-0.1, -0.05) is 12.1 Å². The summed E-state index contributed by atoms with van der Waals surface area (Å²) in [4.78, 5) is 30.1. The Balaban J connectivity index is 1.90. The van der Waals surface area contributed by atoms with E-state index in [4.69, 9.17) is 0 Å². The number of carbonyl (C=O) groups excluding carboxylic acids is 2. The largest absolute Gasteiger partial charge is 0.324 e. The van der Waals surface area contributed by atoms with E-state index in [1.54, 1.807) is 42.3 Å². The summed E-state index contributed by atoms with van der Waals surface area (Å²) in [7, 11) is 0. The van der Waals surface area contributed by atoms with Crippen molar-refractivity contribution in [1.82, 2.24) is 4.90 Å². The highest BCUT2D eigenvalue weighted by atomic mass is 19.1. The molecule has 0 bridgehead atoms. The van der Waals surface area contributed by atoms with Gasteiger partial charge < -0.3 is 10.2 Å². The van der Waals surface area contributed by atoms with Gasteiger partial charge in [-0.15, -0.1) is 0 Å². The number of carbonyl (C=O) groups is 2. The minimum atomic E-state index is -1.11. The molecule has 1 atom stereocenters. The maximum Gasteiger partial charge on any atom is 0.250 e. The van der Waals surface area contributed by atoms with Gasteiger partial charge in [-0.25, -0.2) is 4.39 Å². The monoisotopic (exact) mass is 299 g/mol. The van der Waals surface area contributed by atoms with E-state index < -0.39 is 17.3 Å². The highest BCUT2D eigenvalue weighted by Crippen LogP contribution is 2.29. The van der Waals surface area contributed by atoms with Crippen LogP contribution in [0.3, 0.4) is 0 Å². The van der Waals surface area contributed by atoms with Crippen LogP contribution < -0.4 is 5.32 Å². The molecule has 112 valence electrons. The molecule has 2 aliphatic rings. The quantitative estimate of drug-likeness (QED) is 0.911. The molecule has 1 N–H and O–H groups in total. The number of anilines is 1. The van der Waals surface area contributed by atoms with Gasteiger partial charge in [0, 0.05) is 11.9 Å². The van der Waals surface area contributed by atoms with Gasteiger partial charge in [-0.3, -0.25) is 9.59 Å². The molecule has 0 saturated heterocycles. The summed E-state index contributed by atoms with van der Waals surface area (Å²) in [6.45, 7) is 1.66. The predicted octanol–water partition coefficient (Wildman–Crippen LogP) is 2.24. The molecule has 0 aromatic heterocycles. The van der Waals surface area contributed by atoms with Crippen molar-refractivity contribution in [3.8, 4) is 0 Å². The first kappa shape index (κ1) is 14.2. The first-order chi connectivity index (χ1) is 10.5. The van der Waals surface area contributed by atoms with Crippen LogP contribution in [-0.4, -0.2) is 28.1 Å². The number of nitrogens with zero attached hydrogens (tertiary/aromatic N) is 2. The van der Waals surface area contributed by atoms with Crippen LogP contribution in [0.5, 0.6) is 0 Å². The van der Waals surface area contributed by atoms with Crippen LogP contribution >= 0.6 is 0 Å². The summed E-state index contributed by atoms with van der Waals surface area (Å²) < 4.78 is 13.2. The SMILES string of the molecule is CC1(C(=O)Nc2cccc(F)c2)CC(=O)N=C2C=CC=CN21. The number of benzene rings is 1. The van der Waals surface area contributed by atoms with E-state index in [1.807, 2.05) is 0 Å². The minimum absolute atomic E-state index is 0.0458. The molecule has 2 aliphatic heterocycles. The topological polar surface area (TPSA) is 61.8 Å². The highest BCUT2D eigenvalue weighted by Gasteiger charge is 2.45. The Morgan fingerprint density at radius 2 is 2.23 bits per heavy atom. The zero-order valence-corrected chi connectivity index (χ0v) is 11.9. The second-order valence-electron chi connectivity index (χ2n) is 5.35. The summed E-state index contributed by atoms with van der Waals surface area (Å²) in [5.74, 6) is -0.761. The lowest BCUT2D eigenvalue weighted by Crippen LogP contribution is -2.58. The van der Waals surface area contributed by atoms with Crippen LogP contribution in [0.25, 0.3) is 0 Å². The standard InChI is InChI=1S/C16H14FN3O2/c1-16(15(22)18-12-6-4-5-11(17)9-12)10-14(21)19-13-7-2-3-8-20(13)16/h2-9H,10H2,1H3,(H,18,22). The highest BCUT2D eigenvalue weighted by molar-refractivity contribution is 6.11. The number of halogens is 1. The Labute approximate surface area is 126 Å². The molecule has 0 saturated carbocycles. The third-order valence-electron chi connectivity index (χ3n) is 3.68. The van der Waals surface area contributed by atoms with Crippen molar-refractivity contribution in [3.05, 3.63) is 54.5 Å². The zero-order valence-electron chi connectivity index (χ0n) is 11.9. The number of rotatable bonds is 2. The maximum atomic E-state index is 13.2. The molecule has 6 heteroatoms. The van der Waals surface area contributed by atoms with Gasteiger partial charge >= 0.3 is 0 Å². The number of allylic oxidation sites excluding steroid dienone is 2. The van der Waals surface area contributed by atoms with Crippen LogP contribution in [-0.2, 0) is 9.59 Å². The fourth-order valence-electron chi connectivity index (χ4n) is 2.51.